The van der Waals surface area contributed by atoms with Crippen LogP contribution >= 0.6 is 0 Å². The lowest BCUT2D eigenvalue weighted by Gasteiger charge is -2.39. The van der Waals surface area contributed by atoms with Crippen molar-refractivity contribution < 1.29 is 18.7 Å². The molecule has 4 nitrogen and oxygen atoms in total. The average Bonchev–Trinajstić information content (AvgIpc) is 2.47. The Kier molecular flexibility index (Phi) is 4.22. The van der Waals surface area contributed by atoms with Crippen molar-refractivity contribution in [1.82, 2.24) is 5.32 Å². The molecule has 5 heteroatoms. The SMILES string of the molecule is COc1ccc(F)cc1CC(=O)C1CC2COCC(C1)N2. The lowest BCUT2D eigenvalue weighted by Crippen LogP contribution is -2.55. The monoisotopic (exact) mass is 293 g/mol. The van der Waals surface area contributed by atoms with Crippen molar-refractivity contribution in [2.75, 3.05) is 20.3 Å². The maximum absolute atomic E-state index is 13.4. The first-order valence-corrected chi connectivity index (χ1v) is 7.34. The van der Waals surface area contributed by atoms with Crippen LogP contribution in [0.15, 0.2) is 18.2 Å². The Bertz CT molecular complexity index is 522. The molecule has 0 radical (unpaired) electrons. The maximum Gasteiger partial charge on any atom is 0.140 e. The number of Topliss-reactive ketones (excluding diaryl/α,β-unsaturated/α-hetero) is 1. The summed E-state index contributed by atoms with van der Waals surface area (Å²) in [6.07, 6.45) is 1.83. The van der Waals surface area contributed by atoms with E-state index < -0.39 is 0 Å². The lowest BCUT2D eigenvalue weighted by atomic mass is 9.82. The summed E-state index contributed by atoms with van der Waals surface area (Å²) in [5, 5.41) is 3.47. The minimum atomic E-state index is -0.339. The molecule has 0 amide bonds. The third kappa shape index (κ3) is 3.24. The molecule has 0 aliphatic carbocycles. The number of ketones is 1. The van der Waals surface area contributed by atoms with Crippen LogP contribution in [0.3, 0.4) is 0 Å². The second-order valence-electron chi connectivity index (χ2n) is 5.87. The van der Waals surface area contributed by atoms with Crippen LogP contribution in [0.2, 0.25) is 0 Å². The van der Waals surface area contributed by atoms with Crippen LogP contribution < -0.4 is 10.1 Å². The topological polar surface area (TPSA) is 47.6 Å². The fraction of sp³-hybridized carbons (Fsp3) is 0.562. The third-order valence-corrected chi connectivity index (χ3v) is 4.31. The molecule has 2 aliphatic heterocycles. The molecule has 2 aliphatic rings. The summed E-state index contributed by atoms with van der Waals surface area (Å²) in [6, 6.07) is 4.84. The summed E-state index contributed by atoms with van der Waals surface area (Å²) >= 11 is 0. The largest absolute Gasteiger partial charge is 0.496 e. The fourth-order valence-corrected chi connectivity index (χ4v) is 3.32. The highest BCUT2D eigenvalue weighted by atomic mass is 19.1. The highest BCUT2D eigenvalue weighted by Crippen LogP contribution is 2.28. The fourth-order valence-electron chi connectivity index (χ4n) is 3.32. The normalized spacial score (nSPS) is 28.2. The van der Waals surface area contributed by atoms with Crippen LogP contribution in [-0.2, 0) is 16.0 Å². The van der Waals surface area contributed by atoms with Crippen LogP contribution in [0.25, 0.3) is 0 Å². The summed E-state index contributed by atoms with van der Waals surface area (Å²) in [5.74, 6) is 0.423. The zero-order chi connectivity index (χ0) is 14.8. The van der Waals surface area contributed by atoms with Crippen molar-refractivity contribution in [2.45, 2.75) is 31.3 Å². The van der Waals surface area contributed by atoms with E-state index in [2.05, 4.69) is 5.32 Å². The molecule has 21 heavy (non-hydrogen) atoms. The zero-order valence-corrected chi connectivity index (χ0v) is 12.1. The van der Waals surface area contributed by atoms with Gasteiger partial charge in [0.25, 0.3) is 0 Å². The molecule has 0 aromatic heterocycles. The van der Waals surface area contributed by atoms with Gasteiger partial charge in [-0.1, -0.05) is 0 Å². The second kappa shape index (κ2) is 6.12. The van der Waals surface area contributed by atoms with Gasteiger partial charge in [0, 0.05) is 30.0 Å². The number of nitrogens with one attached hydrogen (secondary N) is 1. The number of hydrogen-bond donors (Lipinski definition) is 1. The summed E-state index contributed by atoms with van der Waals surface area (Å²) < 4.78 is 24.1. The molecule has 1 N–H and O–H groups in total. The van der Waals surface area contributed by atoms with Crippen LogP contribution in [0.5, 0.6) is 5.75 Å². The molecule has 2 fully saturated rings. The standard InChI is InChI=1S/C16H20FNO3/c1-20-16-3-2-12(17)4-11(16)7-15(19)10-5-13-8-21-9-14(6-10)18-13/h2-4,10,13-14,18H,5-9H2,1H3. The van der Waals surface area contributed by atoms with Crippen molar-refractivity contribution in [3.8, 4) is 5.75 Å². The number of carbonyl (C=O) groups excluding carboxylic acids is 1. The molecular formula is C16H20FNO3. The van der Waals surface area contributed by atoms with E-state index in [1.54, 1.807) is 6.07 Å². The number of morpholine rings is 1. The molecule has 2 saturated heterocycles. The summed E-state index contributed by atoms with van der Waals surface area (Å²) in [6.45, 7) is 1.34. The van der Waals surface area contributed by atoms with Gasteiger partial charge in [-0.2, -0.15) is 0 Å². The zero-order valence-electron chi connectivity index (χ0n) is 12.1. The second-order valence-corrected chi connectivity index (χ2v) is 5.87. The number of fused-ring (bicyclic) bond motifs is 2. The smallest absolute Gasteiger partial charge is 0.140 e. The average molecular weight is 293 g/mol. The Balaban J connectivity index is 1.70. The molecule has 3 rings (SSSR count). The van der Waals surface area contributed by atoms with E-state index in [9.17, 15) is 9.18 Å². The minimum absolute atomic E-state index is 0.0260. The van der Waals surface area contributed by atoms with E-state index in [0.29, 0.717) is 24.5 Å². The first kappa shape index (κ1) is 14.5. The van der Waals surface area contributed by atoms with E-state index in [1.165, 1.54) is 19.2 Å². The first-order chi connectivity index (χ1) is 10.2. The predicted molar refractivity (Wildman–Crippen MR) is 75.9 cm³/mol. The molecule has 114 valence electrons. The van der Waals surface area contributed by atoms with Gasteiger partial charge in [-0.25, -0.2) is 4.39 Å². The van der Waals surface area contributed by atoms with E-state index in [4.69, 9.17) is 9.47 Å². The number of benzene rings is 1. The van der Waals surface area contributed by atoms with Gasteiger partial charge in [0.15, 0.2) is 0 Å². The highest BCUT2D eigenvalue weighted by Gasteiger charge is 2.35. The maximum atomic E-state index is 13.4. The number of carbonyl (C=O) groups is 1. The van der Waals surface area contributed by atoms with E-state index in [0.717, 1.165) is 12.8 Å². The van der Waals surface area contributed by atoms with Crippen molar-refractivity contribution in [2.24, 2.45) is 5.92 Å². The van der Waals surface area contributed by atoms with Gasteiger partial charge >= 0.3 is 0 Å². The number of hydrogen-bond acceptors (Lipinski definition) is 4. The Hall–Kier alpha value is -1.46. The first-order valence-electron chi connectivity index (χ1n) is 7.34. The summed E-state index contributed by atoms with van der Waals surface area (Å²) in [7, 11) is 1.54. The number of rotatable bonds is 4. The molecule has 0 spiro atoms. The quantitative estimate of drug-likeness (QED) is 0.918. The molecule has 0 saturated carbocycles. The molecule has 2 unspecified atom stereocenters. The van der Waals surface area contributed by atoms with E-state index in [1.807, 2.05) is 0 Å². The van der Waals surface area contributed by atoms with Crippen LogP contribution in [0.4, 0.5) is 4.39 Å². The Morgan fingerprint density at radius 3 is 2.76 bits per heavy atom. The number of ether oxygens (including phenoxy) is 2. The Morgan fingerprint density at radius 1 is 1.38 bits per heavy atom. The summed E-state index contributed by atoms with van der Waals surface area (Å²) in [4.78, 5) is 12.5. The van der Waals surface area contributed by atoms with Gasteiger partial charge in [0.2, 0.25) is 0 Å². The van der Waals surface area contributed by atoms with Crippen LogP contribution in [0.1, 0.15) is 18.4 Å². The lowest BCUT2D eigenvalue weighted by molar-refractivity contribution is -0.125. The van der Waals surface area contributed by atoms with Crippen molar-refractivity contribution in [1.29, 1.82) is 0 Å². The van der Waals surface area contributed by atoms with Crippen molar-refractivity contribution in [3.63, 3.8) is 0 Å². The van der Waals surface area contributed by atoms with Crippen LogP contribution in [-0.4, -0.2) is 38.2 Å². The molecule has 1 aromatic rings. The molecule has 2 atom stereocenters. The number of piperidine rings is 1. The third-order valence-electron chi connectivity index (χ3n) is 4.31. The predicted octanol–water partition coefficient (Wildman–Crippen LogP) is 1.71. The van der Waals surface area contributed by atoms with Crippen LogP contribution in [0, 0.1) is 11.7 Å². The Labute approximate surface area is 123 Å². The molecule has 1 aromatic carbocycles. The molecule has 2 bridgehead atoms. The molecule has 2 heterocycles. The van der Waals surface area contributed by atoms with Gasteiger partial charge in [0.05, 0.1) is 20.3 Å². The molecular weight excluding hydrogens is 273 g/mol. The number of methoxy groups -OCH3 is 1. The number of halogens is 1. The summed E-state index contributed by atoms with van der Waals surface area (Å²) in [5.41, 5.74) is 0.627. The highest BCUT2D eigenvalue weighted by molar-refractivity contribution is 5.84. The van der Waals surface area contributed by atoms with Gasteiger partial charge in [-0.05, 0) is 31.0 Å². The van der Waals surface area contributed by atoms with Gasteiger partial charge in [-0.3, -0.25) is 4.79 Å². The van der Waals surface area contributed by atoms with Crippen molar-refractivity contribution >= 4 is 5.78 Å². The van der Waals surface area contributed by atoms with Gasteiger partial charge in [-0.15, -0.1) is 0 Å². The van der Waals surface area contributed by atoms with Crippen molar-refractivity contribution in [3.05, 3.63) is 29.6 Å². The van der Waals surface area contributed by atoms with E-state index >= 15 is 0 Å². The van der Waals surface area contributed by atoms with Gasteiger partial charge < -0.3 is 14.8 Å². The van der Waals surface area contributed by atoms with E-state index in [-0.39, 0.29) is 36.0 Å². The Morgan fingerprint density at radius 2 is 2.10 bits per heavy atom. The minimum Gasteiger partial charge on any atom is -0.496 e. The van der Waals surface area contributed by atoms with Gasteiger partial charge in [0.1, 0.15) is 17.3 Å².